The normalized spacial score (nSPS) is 11.9. The van der Waals surface area contributed by atoms with Crippen molar-refractivity contribution >= 4 is 0 Å². The van der Waals surface area contributed by atoms with Crippen LogP contribution < -0.4 is 0 Å². The Kier molecular flexibility index (Phi) is 24.5. The van der Waals surface area contributed by atoms with Crippen LogP contribution in [0.4, 0.5) is 0 Å². The van der Waals surface area contributed by atoms with Crippen molar-refractivity contribution in [2.75, 3.05) is 0 Å². The third-order valence-electron chi connectivity index (χ3n) is 8.49. The van der Waals surface area contributed by atoms with Gasteiger partial charge < -0.3 is 0 Å². The molecule has 1 aromatic rings. The Morgan fingerprint density at radius 3 is 0.895 bits per heavy atom. The predicted molar refractivity (Wildman–Crippen MR) is 174 cm³/mol. The molecule has 222 valence electrons. The molecule has 0 nitrogen and oxygen atoms in total. The molecule has 0 saturated heterocycles. The first-order valence-corrected chi connectivity index (χ1v) is 17.6. The summed E-state index contributed by atoms with van der Waals surface area (Å²) in [6, 6.07) is 11.0. The van der Waals surface area contributed by atoms with Gasteiger partial charge in [0.05, 0.1) is 0 Å². The fourth-order valence-electron chi connectivity index (χ4n) is 5.87. The highest BCUT2D eigenvalue weighted by molar-refractivity contribution is 5.14. The lowest BCUT2D eigenvalue weighted by molar-refractivity contribution is 0.356. The molecule has 0 heteroatoms. The van der Waals surface area contributed by atoms with E-state index >= 15 is 0 Å². The quantitative estimate of drug-likeness (QED) is 0.0952. The summed E-state index contributed by atoms with van der Waals surface area (Å²) in [5.74, 6) is 0. The van der Waals surface area contributed by atoms with Gasteiger partial charge in [0, 0.05) is 0 Å². The first kappa shape index (κ1) is 35.2. The number of unbranched alkanes of at least 4 members (excludes halogenated alkanes) is 25. The van der Waals surface area contributed by atoms with Crippen LogP contribution in [-0.4, -0.2) is 0 Å². The molecule has 0 amide bonds. The smallest absolute Gasteiger partial charge is 0.0279 e. The van der Waals surface area contributed by atoms with E-state index in [4.69, 9.17) is 0 Å². The molecule has 0 aliphatic rings. The zero-order valence-electron chi connectivity index (χ0n) is 26.7. The minimum atomic E-state index is 0.531. The van der Waals surface area contributed by atoms with Gasteiger partial charge in [-0.1, -0.05) is 212 Å². The molecule has 0 aliphatic heterocycles. The molecular formula is C38H70. The maximum absolute atomic E-state index is 2.37. The molecule has 0 aromatic heterocycles. The average Bonchev–Trinajstić information content (AvgIpc) is 2.90. The van der Waals surface area contributed by atoms with Crippen molar-refractivity contribution in [1.82, 2.24) is 0 Å². The minimum Gasteiger partial charge on any atom is -0.0622 e. The highest BCUT2D eigenvalue weighted by atomic mass is 14.1. The Morgan fingerprint density at radius 1 is 0.342 bits per heavy atom. The fraction of sp³-hybridized carbons (Fsp3) is 0.842. The van der Waals surface area contributed by atoms with Gasteiger partial charge in [0.1, 0.15) is 0 Å². The average molecular weight is 527 g/mol. The van der Waals surface area contributed by atoms with Gasteiger partial charge in [-0.05, 0) is 30.2 Å². The van der Waals surface area contributed by atoms with Crippen molar-refractivity contribution in [2.45, 2.75) is 201 Å². The third-order valence-corrected chi connectivity index (χ3v) is 8.49. The van der Waals surface area contributed by atoms with E-state index in [1.54, 1.807) is 0 Å². The molecule has 1 aromatic carbocycles. The number of benzene rings is 1. The van der Waals surface area contributed by atoms with Crippen LogP contribution >= 0.6 is 0 Å². The minimum absolute atomic E-state index is 0.531. The van der Waals surface area contributed by atoms with Crippen molar-refractivity contribution in [2.24, 2.45) is 5.41 Å². The van der Waals surface area contributed by atoms with E-state index in [1.165, 1.54) is 185 Å². The van der Waals surface area contributed by atoms with E-state index in [0.29, 0.717) is 5.41 Å². The summed E-state index contributed by atoms with van der Waals surface area (Å²) in [5.41, 5.74) is 2.04. The van der Waals surface area contributed by atoms with Crippen LogP contribution in [0.25, 0.3) is 0 Å². The van der Waals surface area contributed by atoms with E-state index in [1.807, 2.05) is 0 Å². The summed E-state index contributed by atoms with van der Waals surface area (Å²) in [6.45, 7) is 7.11. The summed E-state index contributed by atoms with van der Waals surface area (Å²) < 4.78 is 0. The lowest BCUT2D eigenvalue weighted by Crippen LogP contribution is -2.03. The third kappa shape index (κ3) is 26.8. The van der Waals surface area contributed by atoms with Crippen LogP contribution in [-0.2, 0) is 6.42 Å². The Bertz CT molecular complexity index is 565. The molecule has 0 radical (unpaired) electrons. The number of hydrogen-bond donors (Lipinski definition) is 0. The fourth-order valence-corrected chi connectivity index (χ4v) is 5.87. The van der Waals surface area contributed by atoms with Crippen LogP contribution in [0, 0.1) is 5.41 Å². The number of rotatable bonds is 28. The van der Waals surface area contributed by atoms with Crippen LogP contribution in [0.1, 0.15) is 200 Å². The molecule has 0 spiro atoms. The van der Waals surface area contributed by atoms with Crippen molar-refractivity contribution in [3.05, 3.63) is 35.9 Å². The van der Waals surface area contributed by atoms with Crippen molar-refractivity contribution in [3.63, 3.8) is 0 Å². The number of hydrogen-bond acceptors (Lipinski definition) is 0. The zero-order chi connectivity index (χ0) is 27.4. The van der Waals surface area contributed by atoms with Gasteiger partial charge in [0.15, 0.2) is 0 Å². The standard InChI is InChI=1S/C38H70/c1-38(2,3)36-32-27-25-23-21-19-17-15-13-11-9-7-5-4-6-8-10-12-14-16-18-20-22-24-26-29-33-37-34-30-28-31-35-37/h28,30-31,34-35H,4-27,29,32-33,36H2,1-3H3. The van der Waals surface area contributed by atoms with E-state index in [9.17, 15) is 0 Å². The topological polar surface area (TPSA) is 0 Å². The SMILES string of the molecule is CC(C)(C)CCCCCCCCCCCCCCCCCCCCCCCCCCCCc1ccccc1. The summed E-state index contributed by atoms with van der Waals surface area (Å²) in [4.78, 5) is 0. The molecule has 0 unspecified atom stereocenters. The molecule has 0 N–H and O–H groups in total. The second-order valence-corrected chi connectivity index (χ2v) is 13.7. The van der Waals surface area contributed by atoms with Gasteiger partial charge in [-0.3, -0.25) is 0 Å². The van der Waals surface area contributed by atoms with E-state index in [0.717, 1.165) is 0 Å². The lowest BCUT2D eigenvalue weighted by atomic mass is 9.89. The maximum Gasteiger partial charge on any atom is -0.0279 e. The lowest BCUT2D eigenvalue weighted by Gasteiger charge is -2.17. The van der Waals surface area contributed by atoms with E-state index in [-0.39, 0.29) is 0 Å². The second kappa shape index (κ2) is 26.4. The summed E-state index contributed by atoms with van der Waals surface area (Å²) in [7, 11) is 0. The molecule has 0 atom stereocenters. The highest BCUT2D eigenvalue weighted by Crippen LogP contribution is 2.23. The molecule has 0 fully saturated rings. The van der Waals surface area contributed by atoms with Crippen molar-refractivity contribution in [3.8, 4) is 0 Å². The van der Waals surface area contributed by atoms with Gasteiger partial charge >= 0.3 is 0 Å². The number of aryl methyl sites for hydroxylation is 1. The Labute approximate surface area is 241 Å². The largest absolute Gasteiger partial charge is 0.0622 e. The first-order valence-electron chi connectivity index (χ1n) is 17.6. The molecule has 0 aliphatic carbocycles. The molecule has 0 bridgehead atoms. The van der Waals surface area contributed by atoms with Gasteiger partial charge in [-0.25, -0.2) is 0 Å². The van der Waals surface area contributed by atoms with Crippen molar-refractivity contribution in [1.29, 1.82) is 0 Å². The highest BCUT2D eigenvalue weighted by Gasteiger charge is 2.08. The maximum atomic E-state index is 2.37. The van der Waals surface area contributed by atoms with Gasteiger partial charge in [0.2, 0.25) is 0 Å². The van der Waals surface area contributed by atoms with Gasteiger partial charge in [-0.2, -0.15) is 0 Å². The molecule has 0 heterocycles. The monoisotopic (exact) mass is 527 g/mol. The summed E-state index contributed by atoms with van der Waals surface area (Å²) in [5, 5.41) is 0. The van der Waals surface area contributed by atoms with E-state index < -0.39 is 0 Å². The van der Waals surface area contributed by atoms with E-state index in [2.05, 4.69) is 51.1 Å². The van der Waals surface area contributed by atoms with Crippen LogP contribution in [0.2, 0.25) is 0 Å². The molecule has 1 rings (SSSR count). The Morgan fingerprint density at radius 2 is 0.605 bits per heavy atom. The van der Waals surface area contributed by atoms with Crippen LogP contribution in [0.15, 0.2) is 30.3 Å². The molecule has 0 saturated carbocycles. The van der Waals surface area contributed by atoms with Crippen molar-refractivity contribution < 1.29 is 0 Å². The summed E-state index contributed by atoms with van der Waals surface area (Å²) in [6.07, 6.45) is 40.8. The van der Waals surface area contributed by atoms with Crippen LogP contribution in [0.3, 0.4) is 0 Å². The first-order chi connectivity index (χ1) is 18.6. The van der Waals surface area contributed by atoms with Crippen LogP contribution in [0.5, 0.6) is 0 Å². The molecular weight excluding hydrogens is 456 g/mol. The van der Waals surface area contributed by atoms with Gasteiger partial charge in [-0.15, -0.1) is 0 Å². The Balaban J connectivity index is 1.64. The zero-order valence-corrected chi connectivity index (χ0v) is 26.7. The Hall–Kier alpha value is -0.780. The molecule has 38 heavy (non-hydrogen) atoms. The predicted octanol–water partition coefficient (Wildman–Crippen LogP) is 13.8. The summed E-state index contributed by atoms with van der Waals surface area (Å²) >= 11 is 0. The van der Waals surface area contributed by atoms with Gasteiger partial charge in [0.25, 0.3) is 0 Å². The second-order valence-electron chi connectivity index (χ2n) is 13.7.